The van der Waals surface area contributed by atoms with E-state index in [-0.39, 0.29) is 0 Å². The number of rotatable bonds is 3. The zero-order valence-electron chi connectivity index (χ0n) is 8.40. The number of nitrogens with two attached hydrogens (primary N) is 1. The number of aliphatic imine (C=N–C) groups is 1. The van der Waals surface area contributed by atoms with Crippen molar-refractivity contribution in [1.29, 1.82) is 0 Å². The lowest BCUT2D eigenvalue weighted by atomic mass is 10.2. The molecule has 1 aromatic heterocycles. The third kappa shape index (κ3) is 2.10. The molecule has 3 heteroatoms. The molecule has 3 nitrogen and oxygen atoms in total. The normalized spacial score (nSPS) is 17.1. The molecule has 0 amide bonds. The number of hydrogen-bond donors (Lipinski definition) is 1. The molecule has 0 spiro atoms. The first-order valence-corrected chi connectivity index (χ1v) is 4.97. The van der Waals surface area contributed by atoms with Crippen molar-refractivity contribution in [2.75, 3.05) is 0 Å². The molecule has 0 radical (unpaired) electrons. The van der Waals surface area contributed by atoms with Crippen molar-refractivity contribution in [3.05, 3.63) is 29.6 Å². The van der Waals surface area contributed by atoms with Crippen molar-refractivity contribution in [1.82, 2.24) is 4.98 Å². The van der Waals surface area contributed by atoms with Crippen LogP contribution in [-0.2, 0) is 6.54 Å². The molecule has 0 atom stereocenters. The van der Waals surface area contributed by atoms with Crippen molar-refractivity contribution < 1.29 is 0 Å². The van der Waals surface area contributed by atoms with Crippen molar-refractivity contribution in [3.8, 4) is 0 Å². The van der Waals surface area contributed by atoms with Crippen LogP contribution >= 0.6 is 0 Å². The zero-order chi connectivity index (χ0) is 9.97. The van der Waals surface area contributed by atoms with Gasteiger partial charge in [0.1, 0.15) is 0 Å². The monoisotopic (exact) mass is 189 g/mol. The van der Waals surface area contributed by atoms with E-state index >= 15 is 0 Å². The van der Waals surface area contributed by atoms with Gasteiger partial charge < -0.3 is 5.73 Å². The van der Waals surface area contributed by atoms with Gasteiger partial charge in [0, 0.05) is 12.1 Å². The minimum Gasteiger partial charge on any atom is -0.387 e. The molecule has 2 N–H and O–H groups in total. The Kier molecular flexibility index (Phi) is 2.48. The molecule has 1 fully saturated rings. The maximum Gasteiger partial charge on any atom is 0.0973 e. The van der Waals surface area contributed by atoms with Crippen LogP contribution in [0.25, 0.3) is 0 Å². The number of amidine groups is 1. The van der Waals surface area contributed by atoms with Gasteiger partial charge in [-0.3, -0.25) is 9.98 Å². The van der Waals surface area contributed by atoms with Gasteiger partial charge >= 0.3 is 0 Å². The fourth-order valence-corrected chi connectivity index (χ4v) is 1.36. The lowest BCUT2D eigenvalue weighted by molar-refractivity contribution is 0.947. The summed E-state index contributed by atoms with van der Waals surface area (Å²) in [6, 6.07) is 3.98. The second kappa shape index (κ2) is 3.78. The van der Waals surface area contributed by atoms with E-state index in [0.717, 1.165) is 11.5 Å². The summed E-state index contributed by atoms with van der Waals surface area (Å²) in [7, 11) is 0. The van der Waals surface area contributed by atoms with E-state index in [1.54, 1.807) is 6.20 Å². The summed E-state index contributed by atoms with van der Waals surface area (Å²) in [6.45, 7) is 2.67. The van der Waals surface area contributed by atoms with Crippen LogP contribution in [0.3, 0.4) is 0 Å². The van der Waals surface area contributed by atoms with Crippen LogP contribution in [0.2, 0.25) is 0 Å². The first kappa shape index (κ1) is 9.19. The molecule has 0 bridgehead atoms. The minimum absolute atomic E-state index is 0.555. The molecule has 1 aliphatic carbocycles. The summed E-state index contributed by atoms with van der Waals surface area (Å²) < 4.78 is 0. The van der Waals surface area contributed by atoms with E-state index in [1.807, 2.05) is 19.1 Å². The molecule has 2 rings (SSSR count). The smallest absolute Gasteiger partial charge is 0.0973 e. The summed E-state index contributed by atoms with van der Waals surface area (Å²) in [4.78, 5) is 8.62. The Hall–Kier alpha value is -1.38. The molecular weight excluding hydrogens is 174 g/mol. The van der Waals surface area contributed by atoms with Gasteiger partial charge in [-0.25, -0.2) is 0 Å². The molecule has 14 heavy (non-hydrogen) atoms. The quantitative estimate of drug-likeness (QED) is 0.580. The average molecular weight is 189 g/mol. The Balaban J connectivity index is 2.03. The highest BCUT2D eigenvalue weighted by molar-refractivity contribution is 5.84. The van der Waals surface area contributed by atoms with Crippen LogP contribution in [0, 0.1) is 12.8 Å². The van der Waals surface area contributed by atoms with Gasteiger partial charge in [-0.15, -0.1) is 0 Å². The molecule has 1 saturated carbocycles. The second-order valence-electron chi connectivity index (χ2n) is 3.78. The predicted molar refractivity (Wildman–Crippen MR) is 57.0 cm³/mol. The summed E-state index contributed by atoms with van der Waals surface area (Å²) in [6.07, 6.45) is 4.21. The fourth-order valence-electron chi connectivity index (χ4n) is 1.36. The third-order valence-corrected chi connectivity index (χ3v) is 2.52. The predicted octanol–water partition coefficient (Wildman–Crippen LogP) is 1.66. The first-order valence-electron chi connectivity index (χ1n) is 4.97. The van der Waals surface area contributed by atoms with Crippen LogP contribution in [-0.4, -0.2) is 10.8 Å². The highest BCUT2D eigenvalue weighted by Gasteiger charge is 2.25. The molecule has 74 valence electrons. The Bertz CT molecular complexity index is 353. The SMILES string of the molecule is Cc1cccnc1CN=C(N)C1CC1. The standard InChI is InChI=1S/C11H15N3/c1-8-3-2-6-13-10(8)7-14-11(12)9-4-5-9/h2-3,6,9H,4-5,7H2,1H3,(H2,12,14). The van der Waals surface area contributed by atoms with E-state index in [1.165, 1.54) is 18.4 Å². The molecular formula is C11H15N3. The number of aryl methyl sites for hydroxylation is 1. The highest BCUT2D eigenvalue weighted by atomic mass is 14.9. The Morgan fingerprint density at radius 3 is 3.07 bits per heavy atom. The molecule has 1 aliphatic rings. The van der Waals surface area contributed by atoms with Crippen LogP contribution < -0.4 is 5.73 Å². The van der Waals surface area contributed by atoms with Gasteiger partial charge in [-0.2, -0.15) is 0 Å². The lowest BCUT2D eigenvalue weighted by Gasteiger charge is -2.01. The van der Waals surface area contributed by atoms with Crippen LogP contribution in [0.15, 0.2) is 23.3 Å². The topological polar surface area (TPSA) is 51.3 Å². The molecule has 1 aromatic rings. The molecule has 0 unspecified atom stereocenters. The van der Waals surface area contributed by atoms with Crippen LogP contribution in [0.4, 0.5) is 0 Å². The van der Waals surface area contributed by atoms with Gasteiger partial charge in [0.2, 0.25) is 0 Å². The van der Waals surface area contributed by atoms with E-state index in [4.69, 9.17) is 5.73 Å². The van der Waals surface area contributed by atoms with Crippen LogP contribution in [0.5, 0.6) is 0 Å². The summed E-state index contributed by atoms with van der Waals surface area (Å²) in [5.41, 5.74) is 8.00. The van der Waals surface area contributed by atoms with Gasteiger partial charge in [0.05, 0.1) is 18.1 Å². The van der Waals surface area contributed by atoms with Crippen molar-refractivity contribution in [2.24, 2.45) is 16.6 Å². The maximum absolute atomic E-state index is 5.80. The van der Waals surface area contributed by atoms with Crippen LogP contribution in [0.1, 0.15) is 24.1 Å². The van der Waals surface area contributed by atoms with Crippen molar-refractivity contribution in [3.63, 3.8) is 0 Å². The van der Waals surface area contributed by atoms with Gasteiger partial charge in [0.25, 0.3) is 0 Å². The maximum atomic E-state index is 5.80. The van der Waals surface area contributed by atoms with Crippen molar-refractivity contribution >= 4 is 5.84 Å². The lowest BCUT2D eigenvalue weighted by Crippen LogP contribution is -2.14. The number of hydrogen-bond acceptors (Lipinski definition) is 2. The minimum atomic E-state index is 0.555. The summed E-state index contributed by atoms with van der Waals surface area (Å²) in [5.74, 6) is 1.36. The average Bonchev–Trinajstić information content (AvgIpc) is 2.99. The van der Waals surface area contributed by atoms with E-state index in [9.17, 15) is 0 Å². The number of pyridine rings is 1. The molecule has 0 aromatic carbocycles. The molecule has 0 aliphatic heterocycles. The first-order chi connectivity index (χ1) is 6.77. The highest BCUT2D eigenvalue weighted by Crippen LogP contribution is 2.28. The van der Waals surface area contributed by atoms with E-state index < -0.39 is 0 Å². The fraction of sp³-hybridized carbons (Fsp3) is 0.455. The van der Waals surface area contributed by atoms with Crippen molar-refractivity contribution in [2.45, 2.75) is 26.3 Å². The van der Waals surface area contributed by atoms with Gasteiger partial charge in [-0.05, 0) is 31.4 Å². The Morgan fingerprint density at radius 2 is 2.43 bits per heavy atom. The molecule has 1 heterocycles. The van der Waals surface area contributed by atoms with E-state index in [0.29, 0.717) is 12.5 Å². The third-order valence-electron chi connectivity index (χ3n) is 2.52. The Labute approximate surface area is 84.1 Å². The number of aromatic nitrogens is 1. The Morgan fingerprint density at radius 1 is 1.64 bits per heavy atom. The number of nitrogens with zero attached hydrogens (tertiary/aromatic N) is 2. The zero-order valence-corrected chi connectivity index (χ0v) is 8.40. The summed E-state index contributed by atoms with van der Waals surface area (Å²) in [5, 5.41) is 0. The summed E-state index contributed by atoms with van der Waals surface area (Å²) >= 11 is 0. The van der Waals surface area contributed by atoms with Gasteiger partial charge in [0.15, 0.2) is 0 Å². The molecule has 0 saturated heterocycles. The van der Waals surface area contributed by atoms with E-state index in [2.05, 4.69) is 9.98 Å². The largest absolute Gasteiger partial charge is 0.387 e. The second-order valence-corrected chi connectivity index (χ2v) is 3.78. The van der Waals surface area contributed by atoms with Gasteiger partial charge in [-0.1, -0.05) is 6.07 Å².